The van der Waals surface area contributed by atoms with Crippen LogP contribution in [0.4, 0.5) is 0 Å². The molecule has 0 radical (unpaired) electrons. The van der Waals surface area contributed by atoms with Crippen LogP contribution in [0.1, 0.15) is 33.6 Å². The predicted octanol–water partition coefficient (Wildman–Crippen LogP) is 1.95. The van der Waals surface area contributed by atoms with Crippen molar-refractivity contribution >= 4 is 5.78 Å². The second kappa shape index (κ2) is 4.99. The molecular weight excluding hydrogens is 284 g/mol. The summed E-state index contributed by atoms with van der Waals surface area (Å²) in [5, 5.41) is 10.6. The maximum Gasteiger partial charge on any atom is 0.214 e. The summed E-state index contributed by atoms with van der Waals surface area (Å²) in [6, 6.07) is 0. The lowest BCUT2D eigenvalue weighted by Crippen LogP contribution is -2.72. The standard InChI is InChI=1S/C17H24O5/c1-5-7-11-8-16-9-12(18)15(3,4)14(13(11)19)17(16,20-6-2)22-10-21-16/h5,8,12,14,18H,1,6-7,9-10H2,2-4H3/t12-,14+,16+,17-/m1/s1. The van der Waals surface area contributed by atoms with Crippen molar-refractivity contribution in [1.82, 2.24) is 0 Å². The van der Waals surface area contributed by atoms with Crippen LogP contribution in [0.25, 0.3) is 0 Å². The first-order valence-corrected chi connectivity index (χ1v) is 7.81. The van der Waals surface area contributed by atoms with Crippen LogP contribution in [-0.4, -0.2) is 41.8 Å². The van der Waals surface area contributed by atoms with Crippen LogP contribution in [-0.2, 0) is 19.0 Å². The van der Waals surface area contributed by atoms with Crippen molar-refractivity contribution in [2.75, 3.05) is 13.4 Å². The number of carbonyl (C=O) groups excluding carboxylic acids is 1. The Bertz CT molecular complexity index is 537. The van der Waals surface area contributed by atoms with E-state index in [9.17, 15) is 9.90 Å². The quantitative estimate of drug-likeness (QED) is 0.804. The first-order valence-electron chi connectivity index (χ1n) is 7.81. The predicted molar refractivity (Wildman–Crippen MR) is 79.9 cm³/mol. The molecule has 0 aromatic heterocycles. The molecular formula is C17H24O5. The normalized spacial score (nSPS) is 42.7. The van der Waals surface area contributed by atoms with Crippen LogP contribution in [0.15, 0.2) is 24.3 Å². The number of ether oxygens (including phenoxy) is 3. The van der Waals surface area contributed by atoms with Gasteiger partial charge in [0.15, 0.2) is 12.6 Å². The average molecular weight is 308 g/mol. The van der Waals surface area contributed by atoms with Crippen molar-refractivity contribution in [3.63, 3.8) is 0 Å². The zero-order valence-corrected chi connectivity index (χ0v) is 13.4. The molecule has 1 N–H and O–H groups in total. The fraction of sp³-hybridized carbons (Fsp3) is 0.706. The van der Waals surface area contributed by atoms with Gasteiger partial charge in [-0.15, -0.1) is 6.58 Å². The Labute approximate surface area is 130 Å². The number of carbonyl (C=O) groups is 1. The molecule has 1 heterocycles. The van der Waals surface area contributed by atoms with Gasteiger partial charge in [0.2, 0.25) is 5.79 Å². The highest BCUT2D eigenvalue weighted by Gasteiger charge is 2.74. The molecule has 5 heteroatoms. The number of hydrogen-bond acceptors (Lipinski definition) is 5. The summed E-state index contributed by atoms with van der Waals surface area (Å²) in [6.45, 7) is 9.85. The van der Waals surface area contributed by atoms with Crippen molar-refractivity contribution in [2.24, 2.45) is 11.3 Å². The number of hydrogen-bond donors (Lipinski definition) is 1. The van der Waals surface area contributed by atoms with E-state index in [2.05, 4.69) is 6.58 Å². The minimum Gasteiger partial charge on any atom is -0.392 e. The molecule has 122 valence electrons. The third kappa shape index (κ3) is 1.77. The van der Waals surface area contributed by atoms with E-state index >= 15 is 0 Å². The van der Waals surface area contributed by atoms with Crippen LogP contribution in [0.3, 0.4) is 0 Å². The molecule has 0 unspecified atom stereocenters. The molecule has 0 amide bonds. The number of rotatable bonds is 4. The number of aliphatic hydroxyl groups excluding tert-OH is 1. The van der Waals surface area contributed by atoms with Gasteiger partial charge in [0, 0.05) is 18.4 Å². The molecule has 3 aliphatic rings. The molecule has 4 atom stereocenters. The molecule has 2 bridgehead atoms. The second-order valence-corrected chi connectivity index (χ2v) is 6.90. The molecule has 0 aromatic rings. The smallest absolute Gasteiger partial charge is 0.214 e. The van der Waals surface area contributed by atoms with Gasteiger partial charge in [-0.3, -0.25) is 4.79 Å². The third-order valence-electron chi connectivity index (χ3n) is 5.37. The van der Waals surface area contributed by atoms with E-state index in [1.54, 1.807) is 12.2 Å². The summed E-state index contributed by atoms with van der Waals surface area (Å²) in [4.78, 5) is 13.1. The highest BCUT2D eigenvalue weighted by Crippen LogP contribution is 2.61. The first kappa shape index (κ1) is 15.9. The molecule has 1 saturated carbocycles. The van der Waals surface area contributed by atoms with E-state index in [-0.39, 0.29) is 12.6 Å². The second-order valence-electron chi connectivity index (χ2n) is 6.90. The van der Waals surface area contributed by atoms with Crippen molar-refractivity contribution in [2.45, 2.75) is 51.1 Å². The number of aliphatic hydroxyl groups is 1. The highest BCUT2D eigenvalue weighted by molar-refractivity contribution is 6.00. The summed E-state index contributed by atoms with van der Waals surface area (Å²) >= 11 is 0. The van der Waals surface area contributed by atoms with Crippen LogP contribution >= 0.6 is 0 Å². The zero-order valence-electron chi connectivity index (χ0n) is 13.4. The average Bonchev–Trinajstić information content (AvgIpc) is 2.78. The third-order valence-corrected chi connectivity index (χ3v) is 5.37. The Morgan fingerprint density at radius 3 is 2.86 bits per heavy atom. The van der Waals surface area contributed by atoms with Crippen LogP contribution < -0.4 is 0 Å². The molecule has 5 nitrogen and oxygen atoms in total. The molecule has 1 saturated heterocycles. The molecule has 22 heavy (non-hydrogen) atoms. The summed E-state index contributed by atoms with van der Waals surface area (Å²) in [5.41, 5.74) is -0.903. The lowest BCUT2D eigenvalue weighted by atomic mass is 9.53. The fourth-order valence-electron chi connectivity index (χ4n) is 4.23. The maximum atomic E-state index is 13.1. The first-order chi connectivity index (χ1) is 10.3. The van der Waals surface area contributed by atoms with Gasteiger partial charge in [-0.25, -0.2) is 0 Å². The van der Waals surface area contributed by atoms with Gasteiger partial charge in [-0.05, 0) is 25.0 Å². The van der Waals surface area contributed by atoms with E-state index in [1.807, 2.05) is 20.8 Å². The molecule has 1 aliphatic heterocycles. The van der Waals surface area contributed by atoms with Gasteiger partial charge in [-0.1, -0.05) is 19.9 Å². The van der Waals surface area contributed by atoms with Crippen molar-refractivity contribution in [3.8, 4) is 0 Å². The van der Waals surface area contributed by atoms with Gasteiger partial charge >= 0.3 is 0 Å². The van der Waals surface area contributed by atoms with Crippen LogP contribution in [0, 0.1) is 11.3 Å². The van der Waals surface area contributed by atoms with Crippen molar-refractivity contribution < 1.29 is 24.1 Å². The van der Waals surface area contributed by atoms with E-state index in [4.69, 9.17) is 14.2 Å². The topological polar surface area (TPSA) is 65.0 Å². The molecule has 2 aliphatic carbocycles. The minimum absolute atomic E-state index is 0.0433. The van der Waals surface area contributed by atoms with Gasteiger partial charge in [-0.2, -0.15) is 0 Å². The summed E-state index contributed by atoms with van der Waals surface area (Å²) < 4.78 is 17.7. The Morgan fingerprint density at radius 1 is 1.50 bits per heavy atom. The zero-order chi connectivity index (χ0) is 16.2. The fourth-order valence-corrected chi connectivity index (χ4v) is 4.23. The summed E-state index contributed by atoms with van der Waals surface area (Å²) in [7, 11) is 0. The van der Waals surface area contributed by atoms with Crippen LogP contribution in [0.5, 0.6) is 0 Å². The van der Waals surface area contributed by atoms with Gasteiger partial charge in [0.25, 0.3) is 0 Å². The minimum atomic E-state index is -1.15. The van der Waals surface area contributed by atoms with E-state index in [1.165, 1.54) is 0 Å². The van der Waals surface area contributed by atoms with Crippen molar-refractivity contribution in [1.29, 1.82) is 0 Å². The molecule has 2 fully saturated rings. The van der Waals surface area contributed by atoms with Crippen molar-refractivity contribution in [3.05, 3.63) is 24.3 Å². The van der Waals surface area contributed by atoms with Crippen LogP contribution in [0.2, 0.25) is 0 Å². The van der Waals surface area contributed by atoms with E-state index < -0.39 is 28.8 Å². The monoisotopic (exact) mass is 308 g/mol. The molecule has 0 aromatic carbocycles. The SMILES string of the molecule is C=CCC1=C[C@]23C[C@@H](O)C(C)(C)[C@H](C1=O)[C@@]2(OCC)OCO3. The van der Waals surface area contributed by atoms with E-state index in [0.717, 1.165) is 0 Å². The van der Waals surface area contributed by atoms with E-state index in [0.29, 0.717) is 25.0 Å². The Balaban J connectivity index is 2.22. The number of Topliss-reactive ketones (excluding diaryl/α,β-unsaturated/α-hetero) is 1. The largest absolute Gasteiger partial charge is 0.392 e. The molecule has 0 spiro atoms. The summed E-state index contributed by atoms with van der Waals surface area (Å²) in [6.07, 6.45) is 3.68. The summed E-state index contributed by atoms with van der Waals surface area (Å²) in [5.74, 6) is -1.80. The Kier molecular flexibility index (Phi) is 3.60. The number of allylic oxidation sites excluding steroid dienone is 2. The van der Waals surface area contributed by atoms with Gasteiger partial charge in [0.1, 0.15) is 5.60 Å². The van der Waals surface area contributed by atoms with Gasteiger partial charge < -0.3 is 19.3 Å². The lowest BCUT2D eigenvalue weighted by Gasteiger charge is -2.58. The Morgan fingerprint density at radius 2 is 2.23 bits per heavy atom. The Hall–Kier alpha value is -1.01. The lowest BCUT2D eigenvalue weighted by molar-refractivity contribution is -0.308. The highest BCUT2D eigenvalue weighted by atomic mass is 16.8. The molecule has 3 rings (SSSR count). The maximum absolute atomic E-state index is 13.1. The van der Waals surface area contributed by atoms with Gasteiger partial charge in [0.05, 0.1) is 12.0 Å². The number of ketones is 1.